The summed E-state index contributed by atoms with van der Waals surface area (Å²) < 4.78 is 40.4. The lowest BCUT2D eigenvalue weighted by Gasteiger charge is -2.13. The Morgan fingerprint density at radius 1 is 1.07 bits per heavy atom. The van der Waals surface area contributed by atoms with Crippen LogP contribution >= 0.6 is 0 Å². The highest BCUT2D eigenvalue weighted by molar-refractivity contribution is 6.07. The second kappa shape index (κ2) is 6.90. The van der Waals surface area contributed by atoms with Crippen molar-refractivity contribution in [3.8, 4) is 11.1 Å². The maximum atomic E-state index is 13.1. The van der Waals surface area contributed by atoms with Gasteiger partial charge in [0.15, 0.2) is 5.69 Å². The van der Waals surface area contributed by atoms with Gasteiger partial charge in [-0.2, -0.15) is 18.3 Å². The predicted molar refractivity (Wildman–Crippen MR) is 97.5 cm³/mol. The average Bonchev–Trinajstić information content (AvgIpc) is 2.97. The number of benzene rings is 2. The highest BCUT2D eigenvalue weighted by Gasteiger charge is 2.39. The lowest BCUT2D eigenvalue weighted by atomic mass is 9.99. The Bertz CT molecular complexity index is 986. The molecule has 0 fully saturated rings. The molecule has 1 heterocycles. The minimum atomic E-state index is -4.71. The van der Waals surface area contributed by atoms with Crippen LogP contribution in [0.15, 0.2) is 48.7 Å². The molecule has 1 N–H and O–H groups in total. The Balaban J connectivity index is 1.99. The zero-order chi connectivity index (χ0) is 19.8. The first kappa shape index (κ1) is 18.7. The summed E-state index contributed by atoms with van der Waals surface area (Å²) in [4.78, 5) is 12.5. The van der Waals surface area contributed by atoms with E-state index in [0.29, 0.717) is 5.69 Å². The number of aryl methyl sites for hydroxylation is 3. The summed E-state index contributed by atoms with van der Waals surface area (Å²) in [7, 11) is 1.34. The fraction of sp³-hybridized carbons (Fsp3) is 0.200. The first-order valence-electron chi connectivity index (χ1n) is 8.25. The van der Waals surface area contributed by atoms with Crippen LogP contribution in [0, 0.1) is 13.8 Å². The van der Waals surface area contributed by atoms with E-state index < -0.39 is 23.3 Å². The molecule has 3 aromatic rings. The fourth-order valence-electron chi connectivity index (χ4n) is 3.03. The number of para-hydroxylation sites is 1. The van der Waals surface area contributed by atoms with Gasteiger partial charge in [0.2, 0.25) is 0 Å². The number of nitrogens with zero attached hydrogens (tertiary/aromatic N) is 2. The number of anilines is 1. The van der Waals surface area contributed by atoms with Crippen molar-refractivity contribution < 1.29 is 18.0 Å². The molecular formula is C20H18F3N3O. The number of halogens is 3. The van der Waals surface area contributed by atoms with Crippen molar-refractivity contribution in [3.05, 3.63) is 71.0 Å². The molecule has 0 radical (unpaired) electrons. The molecule has 0 saturated carbocycles. The lowest BCUT2D eigenvalue weighted by molar-refractivity contribution is -0.141. The average molecular weight is 373 g/mol. The van der Waals surface area contributed by atoms with Crippen LogP contribution in [-0.4, -0.2) is 15.7 Å². The number of hydrogen-bond donors (Lipinski definition) is 1. The normalized spacial score (nSPS) is 11.5. The van der Waals surface area contributed by atoms with Gasteiger partial charge in [-0.3, -0.25) is 9.48 Å². The molecular weight excluding hydrogens is 355 g/mol. The van der Waals surface area contributed by atoms with Crippen LogP contribution in [0.4, 0.5) is 18.9 Å². The predicted octanol–water partition coefficient (Wildman–Crippen LogP) is 4.98. The van der Waals surface area contributed by atoms with Gasteiger partial charge in [-0.25, -0.2) is 0 Å². The van der Waals surface area contributed by atoms with Crippen LogP contribution in [0.3, 0.4) is 0 Å². The third-order valence-electron chi connectivity index (χ3n) is 4.05. The third-order valence-corrected chi connectivity index (χ3v) is 4.05. The molecule has 0 atom stereocenters. The van der Waals surface area contributed by atoms with Crippen LogP contribution in [0.5, 0.6) is 0 Å². The number of aromatic nitrogens is 2. The second-order valence-electron chi connectivity index (χ2n) is 6.44. The van der Waals surface area contributed by atoms with E-state index in [0.717, 1.165) is 33.1 Å². The van der Waals surface area contributed by atoms with Crippen molar-refractivity contribution in [2.75, 3.05) is 5.32 Å². The molecule has 0 saturated heterocycles. The van der Waals surface area contributed by atoms with Crippen molar-refractivity contribution in [1.29, 1.82) is 0 Å². The fourth-order valence-corrected chi connectivity index (χ4v) is 3.03. The quantitative estimate of drug-likeness (QED) is 0.704. The molecule has 2 aromatic carbocycles. The molecule has 3 rings (SSSR count). The highest BCUT2D eigenvalue weighted by atomic mass is 19.4. The van der Waals surface area contributed by atoms with Crippen LogP contribution < -0.4 is 5.32 Å². The van der Waals surface area contributed by atoms with Gasteiger partial charge in [0.1, 0.15) is 0 Å². The summed E-state index contributed by atoms with van der Waals surface area (Å²) in [5.41, 5.74) is 2.44. The van der Waals surface area contributed by atoms with E-state index in [1.807, 2.05) is 44.2 Å². The van der Waals surface area contributed by atoms with Gasteiger partial charge in [-0.15, -0.1) is 0 Å². The van der Waals surface area contributed by atoms with Gasteiger partial charge in [-0.1, -0.05) is 47.5 Å². The van der Waals surface area contributed by atoms with E-state index in [9.17, 15) is 18.0 Å². The van der Waals surface area contributed by atoms with Crippen LogP contribution in [0.1, 0.15) is 27.2 Å². The molecule has 27 heavy (non-hydrogen) atoms. The smallest absolute Gasteiger partial charge is 0.321 e. The molecule has 0 bridgehead atoms. The van der Waals surface area contributed by atoms with E-state index in [-0.39, 0.29) is 0 Å². The largest absolute Gasteiger partial charge is 0.435 e. The summed E-state index contributed by atoms with van der Waals surface area (Å²) >= 11 is 0. The van der Waals surface area contributed by atoms with Gasteiger partial charge in [0.25, 0.3) is 5.91 Å². The zero-order valence-electron chi connectivity index (χ0n) is 15.1. The highest BCUT2D eigenvalue weighted by Crippen LogP contribution is 2.33. The van der Waals surface area contributed by atoms with Crippen molar-refractivity contribution in [1.82, 2.24) is 9.78 Å². The lowest BCUT2D eigenvalue weighted by Crippen LogP contribution is -2.18. The van der Waals surface area contributed by atoms with Crippen LogP contribution in [0.2, 0.25) is 0 Å². The summed E-state index contributed by atoms with van der Waals surface area (Å²) in [6, 6.07) is 13.0. The van der Waals surface area contributed by atoms with E-state index >= 15 is 0 Å². The van der Waals surface area contributed by atoms with Crippen molar-refractivity contribution in [2.24, 2.45) is 7.05 Å². The Hall–Kier alpha value is -3.09. The maximum Gasteiger partial charge on any atom is 0.435 e. The molecule has 0 aliphatic heterocycles. The first-order chi connectivity index (χ1) is 12.6. The zero-order valence-corrected chi connectivity index (χ0v) is 15.1. The van der Waals surface area contributed by atoms with E-state index in [1.54, 1.807) is 12.1 Å². The molecule has 140 valence electrons. The van der Waals surface area contributed by atoms with Crippen molar-refractivity contribution >= 4 is 11.6 Å². The molecule has 0 unspecified atom stereocenters. The summed E-state index contributed by atoms with van der Waals surface area (Å²) in [5.74, 6) is -0.854. The van der Waals surface area contributed by atoms with E-state index in [1.165, 1.54) is 7.05 Å². The van der Waals surface area contributed by atoms with Gasteiger partial charge < -0.3 is 5.32 Å². The van der Waals surface area contributed by atoms with Gasteiger partial charge in [0.05, 0.1) is 5.56 Å². The molecule has 4 nitrogen and oxygen atoms in total. The summed E-state index contributed by atoms with van der Waals surface area (Å²) in [5, 5.41) is 5.98. The number of alkyl halides is 3. The minimum Gasteiger partial charge on any atom is -0.321 e. The van der Waals surface area contributed by atoms with Crippen molar-refractivity contribution in [3.63, 3.8) is 0 Å². The first-order valence-corrected chi connectivity index (χ1v) is 8.25. The van der Waals surface area contributed by atoms with Crippen molar-refractivity contribution in [2.45, 2.75) is 20.0 Å². The molecule has 1 amide bonds. The number of amides is 1. The molecule has 0 aliphatic carbocycles. The van der Waals surface area contributed by atoms with Gasteiger partial charge in [-0.05, 0) is 25.5 Å². The standard InChI is InChI=1S/C20H18F3N3O/c1-12-8-13(2)10-14(9-12)15-6-4-5-7-17(15)24-19(27)16-11-26(3)25-18(16)20(21,22)23/h4-11H,1-3H3,(H,24,27). The van der Waals surface area contributed by atoms with Gasteiger partial charge >= 0.3 is 6.18 Å². The summed E-state index contributed by atoms with van der Waals surface area (Å²) in [6.45, 7) is 3.92. The molecule has 0 spiro atoms. The number of rotatable bonds is 3. The third kappa shape index (κ3) is 4.02. The monoisotopic (exact) mass is 373 g/mol. The number of nitrogens with one attached hydrogen (secondary N) is 1. The number of carbonyl (C=O) groups excluding carboxylic acids is 1. The Morgan fingerprint density at radius 2 is 1.70 bits per heavy atom. The molecule has 1 aromatic heterocycles. The second-order valence-corrected chi connectivity index (χ2v) is 6.44. The molecule has 0 aliphatic rings. The van der Waals surface area contributed by atoms with E-state index in [2.05, 4.69) is 10.4 Å². The van der Waals surface area contributed by atoms with Gasteiger partial charge in [0, 0.05) is 24.5 Å². The SMILES string of the molecule is Cc1cc(C)cc(-c2ccccc2NC(=O)c2cn(C)nc2C(F)(F)F)c1. The maximum absolute atomic E-state index is 13.1. The van der Waals surface area contributed by atoms with Crippen LogP contribution in [-0.2, 0) is 13.2 Å². The minimum absolute atomic E-state index is 0.435. The number of carbonyl (C=O) groups is 1. The Labute approximate surface area is 154 Å². The van der Waals surface area contributed by atoms with E-state index in [4.69, 9.17) is 0 Å². The van der Waals surface area contributed by atoms with Crippen LogP contribution in [0.25, 0.3) is 11.1 Å². The Morgan fingerprint density at radius 3 is 2.33 bits per heavy atom. The summed E-state index contributed by atoms with van der Waals surface area (Å²) in [6.07, 6.45) is -3.64. The Kier molecular flexibility index (Phi) is 4.78. The topological polar surface area (TPSA) is 46.9 Å². The molecule has 7 heteroatoms. The number of hydrogen-bond acceptors (Lipinski definition) is 2.